The third-order valence-corrected chi connectivity index (χ3v) is 3.15. The van der Waals surface area contributed by atoms with Crippen LogP contribution in [0.4, 0.5) is 0 Å². The van der Waals surface area contributed by atoms with Gasteiger partial charge >= 0.3 is 0 Å². The van der Waals surface area contributed by atoms with Gasteiger partial charge < -0.3 is 14.8 Å². The summed E-state index contributed by atoms with van der Waals surface area (Å²) in [5.74, 6) is 1.66. The highest BCUT2D eigenvalue weighted by molar-refractivity contribution is 5.38. The van der Waals surface area contributed by atoms with E-state index in [2.05, 4.69) is 39.9 Å². The molecule has 1 aromatic carbocycles. The van der Waals surface area contributed by atoms with Crippen molar-refractivity contribution in [1.82, 2.24) is 5.32 Å². The summed E-state index contributed by atoms with van der Waals surface area (Å²) in [5, 5.41) is 3.62. The molecule has 1 N–H and O–H groups in total. The second kappa shape index (κ2) is 6.49. The second-order valence-electron chi connectivity index (χ2n) is 7.20. The molecule has 0 amide bonds. The molecule has 20 heavy (non-hydrogen) atoms. The monoisotopic (exact) mass is 279 g/mol. The molecule has 0 radical (unpaired) electrons. The van der Waals surface area contributed by atoms with E-state index in [1.807, 2.05) is 18.2 Å². The van der Waals surface area contributed by atoms with Crippen LogP contribution in [-0.4, -0.2) is 19.8 Å². The molecule has 0 unspecified atom stereocenters. The van der Waals surface area contributed by atoms with Crippen molar-refractivity contribution in [3.8, 4) is 11.5 Å². The van der Waals surface area contributed by atoms with E-state index < -0.39 is 0 Å². The van der Waals surface area contributed by atoms with Crippen LogP contribution in [0.25, 0.3) is 0 Å². The summed E-state index contributed by atoms with van der Waals surface area (Å²) >= 11 is 0. The van der Waals surface area contributed by atoms with Gasteiger partial charge in [-0.15, -0.1) is 0 Å². The Balaban J connectivity index is 2.74. The predicted octanol–water partition coefficient (Wildman–Crippen LogP) is 4.01. The summed E-state index contributed by atoms with van der Waals surface area (Å²) in [5.41, 5.74) is 1.57. The van der Waals surface area contributed by atoms with Crippen molar-refractivity contribution >= 4 is 0 Å². The minimum Gasteiger partial charge on any atom is -0.497 e. The average molecular weight is 279 g/mol. The SMILES string of the molecule is COc1cc(CNC(C)(C)CC(C)(C)C)cc(OC)c1. The zero-order valence-corrected chi connectivity index (χ0v) is 14.0. The Bertz CT molecular complexity index is 411. The molecular weight excluding hydrogens is 250 g/mol. The number of rotatable bonds is 6. The van der Waals surface area contributed by atoms with Crippen LogP contribution in [0.5, 0.6) is 11.5 Å². The Morgan fingerprint density at radius 1 is 0.900 bits per heavy atom. The topological polar surface area (TPSA) is 30.5 Å². The molecule has 3 nitrogen and oxygen atoms in total. The third kappa shape index (κ3) is 5.83. The molecule has 1 aromatic rings. The van der Waals surface area contributed by atoms with Gasteiger partial charge in [0.05, 0.1) is 14.2 Å². The zero-order chi connectivity index (χ0) is 15.4. The van der Waals surface area contributed by atoms with E-state index >= 15 is 0 Å². The van der Waals surface area contributed by atoms with E-state index in [1.54, 1.807) is 14.2 Å². The maximum absolute atomic E-state index is 5.30. The first-order valence-electron chi connectivity index (χ1n) is 7.12. The van der Waals surface area contributed by atoms with Gasteiger partial charge in [-0.3, -0.25) is 0 Å². The molecule has 0 heterocycles. The molecule has 0 saturated heterocycles. The van der Waals surface area contributed by atoms with Gasteiger partial charge in [-0.25, -0.2) is 0 Å². The lowest BCUT2D eigenvalue weighted by Crippen LogP contribution is -2.41. The summed E-state index contributed by atoms with van der Waals surface area (Å²) in [7, 11) is 3.35. The minimum atomic E-state index is 0.0918. The summed E-state index contributed by atoms with van der Waals surface area (Å²) in [4.78, 5) is 0. The van der Waals surface area contributed by atoms with Gasteiger partial charge in [0.15, 0.2) is 0 Å². The van der Waals surface area contributed by atoms with Crippen LogP contribution in [0.1, 0.15) is 46.6 Å². The quantitative estimate of drug-likeness (QED) is 0.853. The van der Waals surface area contributed by atoms with Crippen LogP contribution in [0.15, 0.2) is 18.2 Å². The number of hydrogen-bond acceptors (Lipinski definition) is 3. The average Bonchev–Trinajstić information content (AvgIpc) is 2.33. The second-order valence-corrected chi connectivity index (χ2v) is 7.20. The van der Waals surface area contributed by atoms with Crippen molar-refractivity contribution in [3.05, 3.63) is 23.8 Å². The number of benzene rings is 1. The van der Waals surface area contributed by atoms with Crippen molar-refractivity contribution < 1.29 is 9.47 Å². The number of hydrogen-bond donors (Lipinski definition) is 1. The van der Waals surface area contributed by atoms with Gasteiger partial charge in [-0.1, -0.05) is 20.8 Å². The van der Waals surface area contributed by atoms with Gasteiger partial charge in [0.2, 0.25) is 0 Å². The van der Waals surface area contributed by atoms with E-state index in [9.17, 15) is 0 Å². The van der Waals surface area contributed by atoms with Crippen molar-refractivity contribution in [2.45, 2.75) is 53.1 Å². The fraction of sp³-hybridized carbons (Fsp3) is 0.647. The maximum Gasteiger partial charge on any atom is 0.122 e. The molecule has 0 aliphatic rings. The molecule has 0 saturated carbocycles. The molecule has 0 fully saturated rings. The van der Waals surface area contributed by atoms with Gasteiger partial charge in [0.25, 0.3) is 0 Å². The van der Waals surface area contributed by atoms with Gasteiger partial charge in [0, 0.05) is 18.2 Å². The Kier molecular flexibility index (Phi) is 5.46. The number of nitrogens with one attached hydrogen (secondary N) is 1. The first kappa shape index (κ1) is 16.8. The molecule has 0 spiro atoms. The molecule has 0 aliphatic heterocycles. The van der Waals surface area contributed by atoms with E-state index in [1.165, 1.54) is 5.56 Å². The van der Waals surface area contributed by atoms with Crippen molar-refractivity contribution in [3.63, 3.8) is 0 Å². The summed E-state index contributed by atoms with van der Waals surface area (Å²) < 4.78 is 10.6. The fourth-order valence-corrected chi connectivity index (χ4v) is 2.70. The third-order valence-electron chi connectivity index (χ3n) is 3.15. The molecule has 3 heteroatoms. The summed E-state index contributed by atoms with van der Waals surface area (Å²) in [6.07, 6.45) is 1.11. The van der Waals surface area contributed by atoms with Crippen molar-refractivity contribution in [1.29, 1.82) is 0 Å². The highest BCUT2D eigenvalue weighted by atomic mass is 16.5. The van der Waals surface area contributed by atoms with Crippen LogP contribution >= 0.6 is 0 Å². The zero-order valence-electron chi connectivity index (χ0n) is 14.0. The largest absolute Gasteiger partial charge is 0.497 e. The Hall–Kier alpha value is -1.22. The molecular formula is C17H29NO2. The smallest absolute Gasteiger partial charge is 0.122 e. The molecule has 0 bridgehead atoms. The predicted molar refractivity (Wildman–Crippen MR) is 84.5 cm³/mol. The Morgan fingerprint density at radius 3 is 1.80 bits per heavy atom. The molecule has 114 valence electrons. The van der Waals surface area contributed by atoms with E-state index in [-0.39, 0.29) is 5.54 Å². The maximum atomic E-state index is 5.30. The van der Waals surface area contributed by atoms with Crippen LogP contribution < -0.4 is 14.8 Å². The lowest BCUT2D eigenvalue weighted by molar-refractivity contribution is 0.240. The lowest BCUT2D eigenvalue weighted by Gasteiger charge is -2.33. The first-order chi connectivity index (χ1) is 9.15. The number of methoxy groups -OCH3 is 2. The van der Waals surface area contributed by atoms with Crippen LogP contribution in [0.2, 0.25) is 0 Å². The van der Waals surface area contributed by atoms with Crippen molar-refractivity contribution in [2.24, 2.45) is 5.41 Å². The van der Waals surface area contributed by atoms with Crippen LogP contribution in [-0.2, 0) is 6.54 Å². The standard InChI is InChI=1S/C17H29NO2/c1-16(2,3)12-17(4,5)18-11-13-8-14(19-6)10-15(9-13)20-7/h8-10,18H,11-12H2,1-7H3. The van der Waals surface area contributed by atoms with Crippen LogP contribution in [0.3, 0.4) is 0 Å². The molecule has 0 aliphatic carbocycles. The van der Waals surface area contributed by atoms with Crippen molar-refractivity contribution in [2.75, 3.05) is 14.2 Å². The lowest BCUT2D eigenvalue weighted by atomic mass is 9.82. The van der Waals surface area contributed by atoms with E-state index in [0.717, 1.165) is 24.5 Å². The number of ether oxygens (including phenoxy) is 2. The summed E-state index contributed by atoms with van der Waals surface area (Å²) in [6, 6.07) is 5.98. The minimum absolute atomic E-state index is 0.0918. The van der Waals surface area contributed by atoms with Crippen LogP contribution in [0, 0.1) is 5.41 Å². The molecule has 0 atom stereocenters. The fourth-order valence-electron chi connectivity index (χ4n) is 2.70. The van der Waals surface area contributed by atoms with Gasteiger partial charge in [-0.05, 0) is 43.4 Å². The van der Waals surface area contributed by atoms with Gasteiger partial charge in [0.1, 0.15) is 11.5 Å². The normalized spacial score (nSPS) is 12.3. The first-order valence-corrected chi connectivity index (χ1v) is 7.12. The molecule has 1 rings (SSSR count). The Labute approximate surface area is 123 Å². The molecule has 0 aromatic heterocycles. The van der Waals surface area contributed by atoms with Gasteiger partial charge in [-0.2, -0.15) is 0 Å². The summed E-state index contributed by atoms with van der Waals surface area (Å²) in [6.45, 7) is 12.1. The Morgan fingerprint density at radius 2 is 1.40 bits per heavy atom. The highest BCUT2D eigenvalue weighted by Crippen LogP contribution is 2.28. The van der Waals surface area contributed by atoms with E-state index in [4.69, 9.17) is 9.47 Å². The highest BCUT2D eigenvalue weighted by Gasteiger charge is 2.24. The van der Waals surface area contributed by atoms with E-state index in [0.29, 0.717) is 5.41 Å².